The van der Waals surface area contributed by atoms with Gasteiger partial charge in [0.15, 0.2) is 0 Å². The zero-order chi connectivity index (χ0) is 14.0. The van der Waals surface area contributed by atoms with Gasteiger partial charge >= 0.3 is 0 Å². The first-order chi connectivity index (χ1) is 8.95. The molecule has 0 aromatic carbocycles. The van der Waals surface area contributed by atoms with Gasteiger partial charge in [0.25, 0.3) is 5.91 Å². The third-order valence-electron chi connectivity index (χ3n) is 2.34. The van der Waals surface area contributed by atoms with Crippen LogP contribution in [0.4, 0.5) is 11.6 Å². The SMILES string of the molecule is Cc1nc(NC(=O)c2cc(N)nc(Cl)c2)ccc1Br. The van der Waals surface area contributed by atoms with Crippen LogP contribution in [-0.2, 0) is 0 Å². The fourth-order valence-electron chi connectivity index (χ4n) is 1.45. The van der Waals surface area contributed by atoms with Gasteiger partial charge < -0.3 is 11.1 Å². The Morgan fingerprint density at radius 2 is 2.11 bits per heavy atom. The van der Waals surface area contributed by atoms with Crippen molar-refractivity contribution in [1.29, 1.82) is 0 Å². The zero-order valence-corrected chi connectivity index (χ0v) is 12.3. The summed E-state index contributed by atoms with van der Waals surface area (Å²) >= 11 is 9.09. The third kappa shape index (κ3) is 3.42. The number of carbonyl (C=O) groups is 1. The van der Waals surface area contributed by atoms with Gasteiger partial charge in [-0.15, -0.1) is 0 Å². The van der Waals surface area contributed by atoms with Crippen molar-refractivity contribution in [3.63, 3.8) is 0 Å². The summed E-state index contributed by atoms with van der Waals surface area (Å²) in [5, 5.41) is 2.84. The van der Waals surface area contributed by atoms with Crippen molar-refractivity contribution in [2.45, 2.75) is 6.92 Å². The first kappa shape index (κ1) is 13.8. The van der Waals surface area contributed by atoms with Crippen LogP contribution in [0.2, 0.25) is 5.15 Å². The molecule has 0 aliphatic carbocycles. The van der Waals surface area contributed by atoms with Crippen molar-refractivity contribution in [2.24, 2.45) is 0 Å². The molecule has 7 heteroatoms. The van der Waals surface area contributed by atoms with Gasteiger partial charge in [0.1, 0.15) is 16.8 Å². The number of nitrogens with two attached hydrogens (primary N) is 1. The first-order valence-corrected chi connectivity index (χ1v) is 6.50. The predicted octanol–water partition coefficient (Wildman–Crippen LogP) is 3.04. The van der Waals surface area contributed by atoms with Crippen molar-refractivity contribution in [1.82, 2.24) is 9.97 Å². The number of hydrogen-bond acceptors (Lipinski definition) is 4. The fraction of sp³-hybridized carbons (Fsp3) is 0.0833. The fourth-order valence-corrected chi connectivity index (χ4v) is 1.89. The van der Waals surface area contributed by atoms with Gasteiger partial charge in [0, 0.05) is 10.0 Å². The summed E-state index contributed by atoms with van der Waals surface area (Å²) in [6, 6.07) is 6.40. The highest BCUT2D eigenvalue weighted by Gasteiger charge is 2.10. The Hall–Kier alpha value is -1.66. The predicted molar refractivity (Wildman–Crippen MR) is 78.3 cm³/mol. The second-order valence-corrected chi connectivity index (χ2v) is 5.06. The molecule has 0 radical (unpaired) electrons. The Labute approximate surface area is 123 Å². The van der Waals surface area contributed by atoms with E-state index in [2.05, 4.69) is 31.2 Å². The molecule has 5 nitrogen and oxygen atoms in total. The van der Waals surface area contributed by atoms with Crippen LogP contribution in [0.5, 0.6) is 0 Å². The van der Waals surface area contributed by atoms with E-state index in [0.29, 0.717) is 11.4 Å². The second kappa shape index (κ2) is 5.54. The average molecular weight is 342 g/mol. The van der Waals surface area contributed by atoms with Gasteiger partial charge in [-0.3, -0.25) is 4.79 Å². The summed E-state index contributed by atoms with van der Waals surface area (Å²) in [5.74, 6) is 0.306. The molecule has 1 amide bonds. The summed E-state index contributed by atoms with van der Waals surface area (Å²) in [4.78, 5) is 20.0. The van der Waals surface area contributed by atoms with E-state index in [-0.39, 0.29) is 16.9 Å². The number of pyridine rings is 2. The Kier molecular flexibility index (Phi) is 4.01. The lowest BCUT2D eigenvalue weighted by molar-refractivity contribution is 0.102. The molecule has 0 fully saturated rings. The van der Waals surface area contributed by atoms with Gasteiger partial charge in [-0.1, -0.05) is 11.6 Å². The Bertz CT molecular complexity index is 627. The van der Waals surface area contributed by atoms with Gasteiger partial charge in [-0.05, 0) is 47.1 Å². The highest BCUT2D eigenvalue weighted by atomic mass is 79.9. The van der Waals surface area contributed by atoms with Gasteiger partial charge in [-0.2, -0.15) is 0 Å². The lowest BCUT2D eigenvalue weighted by atomic mass is 10.2. The molecule has 0 bridgehead atoms. The number of halogens is 2. The number of aryl methyl sites for hydroxylation is 1. The number of nitrogen functional groups attached to an aromatic ring is 1. The standard InChI is InChI=1S/C12H10BrClN4O/c1-6-8(13)2-3-11(16-6)18-12(19)7-4-9(14)17-10(15)5-7/h2-5H,1H3,(H2,15,17)(H,16,18,19). The van der Waals surface area contributed by atoms with Crippen LogP contribution < -0.4 is 11.1 Å². The Morgan fingerprint density at radius 3 is 2.74 bits per heavy atom. The molecular weight excluding hydrogens is 332 g/mol. The Morgan fingerprint density at radius 1 is 1.37 bits per heavy atom. The highest BCUT2D eigenvalue weighted by Crippen LogP contribution is 2.18. The van der Waals surface area contributed by atoms with E-state index in [4.69, 9.17) is 17.3 Å². The summed E-state index contributed by atoms with van der Waals surface area (Å²) in [6.45, 7) is 1.83. The van der Waals surface area contributed by atoms with E-state index in [1.54, 1.807) is 6.07 Å². The number of nitrogens with zero attached hydrogens (tertiary/aromatic N) is 2. The highest BCUT2D eigenvalue weighted by molar-refractivity contribution is 9.10. The number of hydrogen-bond donors (Lipinski definition) is 2. The molecule has 0 unspecified atom stereocenters. The number of carbonyl (C=O) groups excluding carboxylic acids is 1. The van der Waals surface area contributed by atoms with Crippen LogP contribution >= 0.6 is 27.5 Å². The van der Waals surface area contributed by atoms with E-state index < -0.39 is 0 Å². The number of anilines is 2. The molecule has 2 heterocycles. The molecule has 0 saturated heterocycles. The maximum absolute atomic E-state index is 12.0. The molecule has 19 heavy (non-hydrogen) atoms. The average Bonchev–Trinajstić information content (AvgIpc) is 2.32. The first-order valence-electron chi connectivity index (χ1n) is 5.33. The summed E-state index contributed by atoms with van der Waals surface area (Å²) in [6.07, 6.45) is 0. The molecule has 3 N–H and O–H groups in total. The molecule has 2 rings (SSSR count). The van der Waals surface area contributed by atoms with E-state index in [0.717, 1.165) is 10.2 Å². The second-order valence-electron chi connectivity index (χ2n) is 3.82. The molecule has 0 aliphatic rings. The van der Waals surface area contributed by atoms with Crippen LogP contribution in [-0.4, -0.2) is 15.9 Å². The number of amides is 1. The molecular formula is C12H10BrClN4O. The molecule has 0 aliphatic heterocycles. The van der Waals surface area contributed by atoms with Crippen LogP contribution in [0.25, 0.3) is 0 Å². The van der Waals surface area contributed by atoms with Crippen molar-refractivity contribution >= 4 is 45.1 Å². The van der Waals surface area contributed by atoms with E-state index >= 15 is 0 Å². The number of aromatic nitrogens is 2. The zero-order valence-electron chi connectivity index (χ0n) is 9.95. The van der Waals surface area contributed by atoms with Gasteiger partial charge in [0.05, 0.1) is 5.69 Å². The monoisotopic (exact) mass is 340 g/mol. The number of nitrogens with one attached hydrogen (secondary N) is 1. The summed E-state index contributed by atoms with van der Waals surface area (Å²) < 4.78 is 0.877. The lowest BCUT2D eigenvalue weighted by Gasteiger charge is -2.07. The molecule has 0 atom stereocenters. The molecule has 0 saturated carbocycles. The topological polar surface area (TPSA) is 80.9 Å². The third-order valence-corrected chi connectivity index (χ3v) is 3.37. The van der Waals surface area contributed by atoms with Crippen molar-refractivity contribution in [2.75, 3.05) is 11.1 Å². The minimum atomic E-state index is -0.342. The molecule has 98 valence electrons. The lowest BCUT2D eigenvalue weighted by Crippen LogP contribution is -2.14. The summed E-state index contributed by atoms with van der Waals surface area (Å²) in [7, 11) is 0. The largest absolute Gasteiger partial charge is 0.384 e. The van der Waals surface area contributed by atoms with Crippen molar-refractivity contribution < 1.29 is 4.79 Å². The maximum atomic E-state index is 12.0. The minimum absolute atomic E-state index is 0.171. The molecule has 2 aromatic heterocycles. The number of rotatable bonds is 2. The summed E-state index contributed by atoms with van der Waals surface area (Å²) in [5.41, 5.74) is 6.65. The normalized spacial score (nSPS) is 10.3. The minimum Gasteiger partial charge on any atom is -0.384 e. The van der Waals surface area contributed by atoms with Crippen LogP contribution in [0.3, 0.4) is 0 Å². The van der Waals surface area contributed by atoms with Crippen molar-refractivity contribution in [3.05, 3.63) is 45.1 Å². The quantitative estimate of drug-likeness (QED) is 0.823. The van der Waals surface area contributed by atoms with E-state index in [9.17, 15) is 4.79 Å². The maximum Gasteiger partial charge on any atom is 0.257 e. The Balaban J connectivity index is 2.22. The van der Waals surface area contributed by atoms with Crippen molar-refractivity contribution in [3.8, 4) is 0 Å². The van der Waals surface area contributed by atoms with Gasteiger partial charge in [0.2, 0.25) is 0 Å². The van der Waals surface area contributed by atoms with Crippen LogP contribution in [0.1, 0.15) is 16.1 Å². The van der Waals surface area contributed by atoms with Crippen LogP contribution in [0, 0.1) is 6.92 Å². The molecule has 2 aromatic rings. The van der Waals surface area contributed by atoms with E-state index in [1.807, 2.05) is 13.0 Å². The van der Waals surface area contributed by atoms with Gasteiger partial charge in [-0.25, -0.2) is 9.97 Å². The smallest absolute Gasteiger partial charge is 0.257 e. The van der Waals surface area contributed by atoms with Crippen LogP contribution in [0.15, 0.2) is 28.7 Å². The van der Waals surface area contributed by atoms with E-state index in [1.165, 1.54) is 12.1 Å². The molecule has 0 spiro atoms.